The third kappa shape index (κ3) is 6.33. The van der Waals surface area contributed by atoms with Crippen molar-refractivity contribution in [3.63, 3.8) is 0 Å². The topological polar surface area (TPSA) is 110 Å². The number of nitrogen functional groups attached to an aromatic ring is 1. The van der Waals surface area contributed by atoms with Gasteiger partial charge in [-0.1, -0.05) is 17.3 Å². The third-order valence-electron chi connectivity index (χ3n) is 3.08. The molecule has 2 rings (SSSR count). The third-order valence-corrected chi connectivity index (χ3v) is 4.01. The average Bonchev–Trinajstić information content (AvgIpc) is 2.94. The van der Waals surface area contributed by atoms with Gasteiger partial charge >= 0.3 is 0 Å². The molecule has 1 heterocycles. The van der Waals surface area contributed by atoms with Gasteiger partial charge < -0.3 is 20.9 Å². The first-order valence-electron chi connectivity index (χ1n) is 7.45. The van der Waals surface area contributed by atoms with Crippen LogP contribution >= 0.6 is 11.8 Å². The predicted octanol–water partition coefficient (Wildman–Crippen LogP) is 1.60. The van der Waals surface area contributed by atoms with Gasteiger partial charge in [0.25, 0.3) is 0 Å². The molecule has 0 aliphatic carbocycles. The van der Waals surface area contributed by atoms with Crippen LogP contribution in [0.15, 0.2) is 34.9 Å². The lowest BCUT2D eigenvalue weighted by Crippen LogP contribution is -2.28. The Balaban J connectivity index is 1.57. The Bertz CT molecular complexity index is 685. The van der Waals surface area contributed by atoms with Crippen LogP contribution in [0.25, 0.3) is 0 Å². The summed E-state index contributed by atoms with van der Waals surface area (Å²) in [6.45, 7) is 2.29. The molecule has 0 fully saturated rings. The van der Waals surface area contributed by atoms with Crippen molar-refractivity contribution in [1.29, 1.82) is 0 Å². The molecule has 0 aliphatic heterocycles. The van der Waals surface area contributed by atoms with Crippen molar-refractivity contribution in [3.8, 4) is 0 Å². The molecular weight excluding hydrogens is 328 g/mol. The van der Waals surface area contributed by atoms with E-state index in [9.17, 15) is 9.59 Å². The van der Waals surface area contributed by atoms with Crippen LogP contribution in [0.4, 0.5) is 11.5 Å². The van der Waals surface area contributed by atoms with Crippen LogP contribution in [-0.2, 0) is 16.0 Å². The van der Waals surface area contributed by atoms with E-state index in [2.05, 4.69) is 15.8 Å². The number of anilines is 2. The van der Waals surface area contributed by atoms with Crippen molar-refractivity contribution in [2.45, 2.75) is 13.3 Å². The maximum absolute atomic E-state index is 11.7. The summed E-state index contributed by atoms with van der Waals surface area (Å²) in [7, 11) is 0. The zero-order valence-corrected chi connectivity index (χ0v) is 14.2. The second-order valence-corrected chi connectivity index (χ2v) is 6.19. The van der Waals surface area contributed by atoms with E-state index in [0.29, 0.717) is 18.1 Å². The Morgan fingerprint density at radius 3 is 2.58 bits per heavy atom. The molecule has 0 saturated heterocycles. The van der Waals surface area contributed by atoms with Crippen molar-refractivity contribution >= 4 is 35.1 Å². The number of nitrogens with two attached hydrogens (primary N) is 1. The van der Waals surface area contributed by atoms with Gasteiger partial charge in [-0.05, 0) is 31.0 Å². The van der Waals surface area contributed by atoms with Crippen molar-refractivity contribution in [2.75, 3.05) is 29.1 Å². The highest BCUT2D eigenvalue weighted by Gasteiger charge is 2.08. The summed E-state index contributed by atoms with van der Waals surface area (Å²) in [5.41, 5.74) is 7.45. The number of carbonyl (C=O) groups excluding carboxylic acids is 2. The summed E-state index contributed by atoms with van der Waals surface area (Å²) in [6, 6.07) is 9.18. The summed E-state index contributed by atoms with van der Waals surface area (Å²) in [5, 5.41) is 9.09. The van der Waals surface area contributed by atoms with Gasteiger partial charge in [-0.15, -0.1) is 11.8 Å². The molecule has 24 heavy (non-hydrogen) atoms. The van der Waals surface area contributed by atoms with Crippen LogP contribution in [0.5, 0.6) is 0 Å². The molecule has 128 valence electrons. The maximum atomic E-state index is 11.7. The summed E-state index contributed by atoms with van der Waals surface area (Å²) in [4.78, 5) is 23.4. The van der Waals surface area contributed by atoms with Crippen LogP contribution in [0, 0.1) is 6.92 Å². The molecule has 2 amide bonds. The molecule has 1 aromatic carbocycles. The van der Waals surface area contributed by atoms with E-state index in [4.69, 9.17) is 10.3 Å². The van der Waals surface area contributed by atoms with E-state index in [1.54, 1.807) is 13.0 Å². The molecule has 7 nitrogen and oxygen atoms in total. The molecule has 0 radical (unpaired) electrons. The van der Waals surface area contributed by atoms with Crippen molar-refractivity contribution in [1.82, 2.24) is 10.5 Å². The number of rotatable bonds is 8. The maximum Gasteiger partial charge on any atom is 0.235 e. The van der Waals surface area contributed by atoms with Gasteiger partial charge in [0.1, 0.15) is 5.76 Å². The second kappa shape index (κ2) is 8.97. The smallest absolute Gasteiger partial charge is 0.235 e. The van der Waals surface area contributed by atoms with Gasteiger partial charge in [0.2, 0.25) is 11.8 Å². The number of nitrogens with one attached hydrogen (secondary N) is 2. The number of aryl methyl sites for hydroxylation is 1. The molecule has 0 atom stereocenters. The van der Waals surface area contributed by atoms with Crippen LogP contribution < -0.4 is 16.4 Å². The van der Waals surface area contributed by atoms with E-state index >= 15 is 0 Å². The number of hydrogen-bond acceptors (Lipinski definition) is 6. The number of thioether (sulfide) groups is 1. The van der Waals surface area contributed by atoms with E-state index in [0.717, 1.165) is 17.7 Å². The van der Waals surface area contributed by atoms with Gasteiger partial charge in [0, 0.05) is 18.3 Å². The summed E-state index contributed by atoms with van der Waals surface area (Å²) >= 11 is 1.24. The monoisotopic (exact) mass is 348 g/mol. The standard InChI is InChI=1S/C16H20N4O3S/c1-11-8-14(20-23-11)19-16(22)10-24-9-15(21)18-7-6-12-2-4-13(17)5-3-12/h2-5,8H,6-7,9-10,17H2,1H3,(H,18,21)(H,19,20,22). The molecule has 0 bridgehead atoms. The SMILES string of the molecule is Cc1cc(NC(=O)CSCC(=O)NCCc2ccc(N)cc2)no1. The number of hydrogen-bond donors (Lipinski definition) is 3. The summed E-state index contributed by atoms with van der Waals surface area (Å²) < 4.78 is 4.85. The van der Waals surface area contributed by atoms with E-state index in [1.807, 2.05) is 24.3 Å². The highest BCUT2D eigenvalue weighted by molar-refractivity contribution is 8.00. The van der Waals surface area contributed by atoms with E-state index in [1.165, 1.54) is 11.8 Å². The highest BCUT2D eigenvalue weighted by Crippen LogP contribution is 2.08. The Labute approximate surface area is 144 Å². The second-order valence-electron chi connectivity index (χ2n) is 5.21. The van der Waals surface area contributed by atoms with Gasteiger partial charge in [0.05, 0.1) is 11.5 Å². The molecule has 0 spiro atoms. The summed E-state index contributed by atoms with van der Waals surface area (Å²) in [6.07, 6.45) is 0.739. The Morgan fingerprint density at radius 1 is 1.21 bits per heavy atom. The van der Waals surface area contributed by atoms with Crippen LogP contribution in [0.1, 0.15) is 11.3 Å². The fourth-order valence-electron chi connectivity index (χ4n) is 1.92. The van der Waals surface area contributed by atoms with Crippen molar-refractivity contribution in [3.05, 3.63) is 41.7 Å². The summed E-state index contributed by atoms with van der Waals surface area (Å²) in [5.74, 6) is 1.09. The quantitative estimate of drug-likeness (QED) is 0.625. The molecule has 8 heteroatoms. The van der Waals surface area contributed by atoms with Gasteiger partial charge in [-0.3, -0.25) is 9.59 Å². The van der Waals surface area contributed by atoms with E-state index in [-0.39, 0.29) is 23.3 Å². The number of aromatic nitrogens is 1. The number of nitrogens with zero attached hydrogens (tertiary/aromatic N) is 1. The lowest BCUT2D eigenvalue weighted by atomic mass is 10.1. The highest BCUT2D eigenvalue weighted by atomic mass is 32.2. The minimum absolute atomic E-state index is 0.0967. The first kappa shape index (κ1) is 17.9. The van der Waals surface area contributed by atoms with Crippen molar-refractivity contribution in [2.24, 2.45) is 0 Å². The normalized spacial score (nSPS) is 10.4. The lowest BCUT2D eigenvalue weighted by molar-refractivity contribution is -0.118. The van der Waals surface area contributed by atoms with Crippen LogP contribution in [-0.4, -0.2) is 35.0 Å². The number of carbonyl (C=O) groups is 2. The fourth-order valence-corrected chi connectivity index (χ4v) is 2.57. The van der Waals surface area contributed by atoms with Gasteiger partial charge in [0.15, 0.2) is 5.82 Å². The van der Waals surface area contributed by atoms with Gasteiger partial charge in [-0.2, -0.15) is 0 Å². The number of amides is 2. The van der Waals surface area contributed by atoms with E-state index < -0.39 is 0 Å². The Hall–Kier alpha value is -2.48. The fraction of sp³-hybridized carbons (Fsp3) is 0.312. The zero-order chi connectivity index (χ0) is 17.4. The molecule has 0 aliphatic rings. The first-order valence-corrected chi connectivity index (χ1v) is 8.60. The molecule has 1 aromatic heterocycles. The predicted molar refractivity (Wildman–Crippen MR) is 94.8 cm³/mol. The zero-order valence-electron chi connectivity index (χ0n) is 13.4. The minimum atomic E-state index is -0.219. The minimum Gasteiger partial charge on any atom is -0.399 e. The Morgan fingerprint density at radius 2 is 1.92 bits per heavy atom. The molecule has 0 unspecified atom stereocenters. The molecule has 4 N–H and O–H groups in total. The molecular formula is C16H20N4O3S. The van der Waals surface area contributed by atoms with Gasteiger partial charge in [-0.25, -0.2) is 0 Å². The first-order chi connectivity index (χ1) is 11.5. The lowest BCUT2D eigenvalue weighted by Gasteiger charge is -2.06. The van der Waals surface area contributed by atoms with Crippen LogP contribution in [0.2, 0.25) is 0 Å². The Kier molecular flexibility index (Phi) is 6.68. The molecule has 0 saturated carbocycles. The van der Waals surface area contributed by atoms with Crippen molar-refractivity contribution < 1.29 is 14.1 Å². The van der Waals surface area contributed by atoms with Crippen LogP contribution in [0.3, 0.4) is 0 Å². The largest absolute Gasteiger partial charge is 0.399 e. The average molecular weight is 348 g/mol. The number of benzene rings is 1. The molecule has 2 aromatic rings.